The van der Waals surface area contributed by atoms with Crippen molar-refractivity contribution in [3.8, 4) is 0 Å². The summed E-state index contributed by atoms with van der Waals surface area (Å²) in [4.78, 5) is 38.5. The summed E-state index contributed by atoms with van der Waals surface area (Å²) < 4.78 is 0. The van der Waals surface area contributed by atoms with E-state index in [0.29, 0.717) is 35.5 Å². The van der Waals surface area contributed by atoms with Crippen LogP contribution in [-0.2, 0) is 20.8 Å². The maximum Gasteiger partial charge on any atom is 0.290 e. The summed E-state index contributed by atoms with van der Waals surface area (Å²) in [6, 6.07) is 5.47. The van der Waals surface area contributed by atoms with Crippen molar-refractivity contribution in [1.29, 1.82) is 0 Å². The molecule has 7 heteroatoms. The van der Waals surface area contributed by atoms with Crippen molar-refractivity contribution in [3.63, 3.8) is 0 Å². The number of nitrogens with zero attached hydrogens (tertiary/aromatic N) is 1. The number of carbonyl (C=O) groups is 3. The fraction of sp³-hybridized carbons (Fsp3) is 0.571. The number of nitrogens with one attached hydrogen (secondary N) is 1. The Morgan fingerprint density at radius 2 is 1.86 bits per heavy atom. The van der Waals surface area contributed by atoms with Crippen LogP contribution in [0, 0.1) is 11.8 Å². The highest BCUT2D eigenvalue weighted by Gasteiger charge is 2.43. The Labute approximate surface area is 175 Å². The average molecular weight is 425 g/mol. The van der Waals surface area contributed by atoms with Crippen molar-refractivity contribution in [2.45, 2.75) is 44.9 Å². The van der Waals surface area contributed by atoms with E-state index in [2.05, 4.69) is 5.32 Å². The molecule has 2 fully saturated rings. The van der Waals surface area contributed by atoms with Crippen molar-refractivity contribution in [2.24, 2.45) is 11.8 Å². The van der Waals surface area contributed by atoms with Crippen LogP contribution in [0.15, 0.2) is 18.2 Å². The van der Waals surface area contributed by atoms with Crippen LogP contribution in [-0.4, -0.2) is 42.1 Å². The van der Waals surface area contributed by atoms with E-state index in [0.717, 1.165) is 24.8 Å². The van der Waals surface area contributed by atoms with Crippen LogP contribution in [0.3, 0.4) is 0 Å². The number of hydrogen-bond donors (Lipinski definition) is 1. The Morgan fingerprint density at radius 1 is 1.11 bits per heavy atom. The summed E-state index contributed by atoms with van der Waals surface area (Å²) in [6.07, 6.45) is 7.27. The predicted octanol–water partition coefficient (Wildman–Crippen LogP) is 3.65. The minimum absolute atomic E-state index is 0.215. The second-order valence-electron chi connectivity index (χ2n) is 7.77. The third kappa shape index (κ3) is 5.26. The Bertz CT molecular complexity index is 747. The lowest BCUT2D eigenvalue weighted by molar-refractivity contribution is -0.142. The Hall–Kier alpha value is -1.59. The Balaban J connectivity index is 1.43. The van der Waals surface area contributed by atoms with Crippen LogP contribution >= 0.6 is 23.2 Å². The molecule has 1 atom stereocenters. The highest BCUT2D eigenvalue weighted by molar-refractivity contribution is 6.42. The molecule has 0 bridgehead atoms. The van der Waals surface area contributed by atoms with Gasteiger partial charge in [0.15, 0.2) is 0 Å². The molecule has 152 valence electrons. The summed E-state index contributed by atoms with van der Waals surface area (Å²) in [5.41, 5.74) is 1.04. The summed E-state index contributed by atoms with van der Waals surface area (Å²) in [5.74, 6) is -1.84. The highest BCUT2D eigenvalue weighted by atomic mass is 35.5. The van der Waals surface area contributed by atoms with Crippen molar-refractivity contribution in [3.05, 3.63) is 33.8 Å². The van der Waals surface area contributed by atoms with Crippen molar-refractivity contribution >= 4 is 40.8 Å². The minimum Gasteiger partial charge on any atom is -0.355 e. The number of halogens is 2. The molecule has 2 aliphatic rings. The van der Waals surface area contributed by atoms with Crippen LogP contribution in [0.25, 0.3) is 0 Å². The van der Waals surface area contributed by atoms with Crippen LogP contribution in [0.5, 0.6) is 0 Å². The molecule has 1 aromatic carbocycles. The van der Waals surface area contributed by atoms with Crippen LogP contribution in [0.1, 0.15) is 44.1 Å². The van der Waals surface area contributed by atoms with Gasteiger partial charge in [-0.1, -0.05) is 48.5 Å². The first-order valence-electron chi connectivity index (χ1n) is 10.0. The molecule has 1 saturated carbocycles. The molecule has 1 aromatic rings. The maximum absolute atomic E-state index is 12.4. The topological polar surface area (TPSA) is 66.5 Å². The quantitative estimate of drug-likeness (QED) is 0.412. The van der Waals surface area contributed by atoms with Gasteiger partial charge in [-0.25, -0.2) is 0 Å². The van der Waals surface area contributed by atoms with E-state index in [1.807, 2.05) is 12.1 Å². The van der Waals surface area contributed by atoms with E-state index in [1.165, 1.54) is 19.3 Å². The predicted molar refractivity (Wildman–Crippen MR) is 109 cm³/mol. The number of likely N-dealkylation sites (tertiary alicyclic amines) is 1. The van der Waals surface area contributed by atoms with Gasteiger partial charge in [0.25, 0.3) is 5.91 Å². The standard InChI is InChI=1S/C21H26Cl2N2O3/c22-17-9-8-14(11-18(17)23)7-4-10-24-20(27)16-13-25(21(28)19(16)26)12-15-5-2-1-3-6-15/h8-9,11,15-16H,1-7,10,12-13H2,(H,24,27). The molecule has 1 unspecified atom stereocenters. The summed E-state index contributed by atoms with van der Waals surface area (Å²) in [5, 5.41) is 3.82. The normalized spacial score (nSPS) is 20.6. The number of Topliss-reactive ketones (excluding diaryl/α,β-unsaturated/α-hetero) is 1. The van der Waals surface area contributed by atoms with Gasteiger partial charge in [-0.05, 0) is 49.3 Å². The first-order chi connectivity index (χ1) is 13.5. The van der Waals surface area contributed by atoms with Crippen molar-refractivity contribution < 1.29 is 14.4 Å². The lowest BCUT2D eigenvalue weighted by Gasteiger charge is -2.26. The number of amides is 2. The zero-order valence-corrected chi connectivity index (χ0v) is 17.4. The molecule has 28 heavy (non-hydrogen) atoms. The summed E-state index contributed by atoms with van der Waals surface area (Å²) in [6.45, 7) is 1.26. The van der Waals surface area contributed by atoms with E-state index in [1.54, 1.807) is 11.0 Å². The van der Waals surface area contributed by atoms with Gasteiger partial charge in [-0.2, -0.15) is 0 Å². The van der Waals surface area contributed by atoms with Gasteiger partial charge in [0.1, 0.15) is 5.92 Å². The van der Waals surface area contributed by atoms with Gasteiger partial charge < -0.3 is 10.2 Å². The molecule has 1 N–H and O–H groups in total. The molecular weight excluding hydrogens is 399 g/mol. The first kappa shape index (κ1) is 21.1. The van der Waals surface area contributed by atoms with E-state index in [9.17, 15) is 14.4 Å². The SMILES string of the molecule is O=C(NCCCc1ccc(Cl)c(Cl)c1)C1CN(CC2CCCCC2)C(=O)C1=O. The highest BCUT2D eigenvalue weighted by Crippen LogP contribution is 2.26. The average Bonchev–Trinajstić information content (AvgIpc) is 2.97. The maximum atomic E-state index is 12.4. The number of ketones is 1. The number of carbonyl (C=O) groups excluding carboxylic acids is 3. The van der Waals surface area contributed by atoms with E-state index >= 15 is 0 Å². The third-order valence-electron chi connectivity index (χ3n) is 5.66. The lowest BCUT2D eigenvalue weighted by atomic mass is 9.89. The van der Waals surface area contributed by atoms with Gasteiger partial charge in [0, 0.05) is 19.6 Å². The van der Waals surface area contributed by atoms with Gasteiger partial charge in [-0.15, -0.1) is 0 Å². The fourth-order valence-corrected chi connectivity index (χ4v) is 4.38. The van der Waals surface area contributed by atoms with E-state index < -0.39 is 17.6 Å². The summed E-state index contributed by atoms with van der Waals surface area (Å²) >= 11 is 11.9. The molecule has 5 nitrogen and oxygen atoms in total. The minimum atomic E-state index is -0.874. The van der Waals surface area contributed by atoms with Crippen LogP contribution in [0.4, 0.5) is 0 Å². The lowest BCUT2D eigenvalue weighted by Crippen LogP contribution is -2.36. The van der Waals surface area contributed by atoms with E-state index in [4.69, 9.17) is 23.2 Å². The molecule has 2 amide bonds. The third-order valence-corrected chi connectivity index (χ3v) is 6.40. The molecular formula is C21H26Cl2N2O3. The van der Waals surface area contributed by atoms with Crippen LogP contribution in [0.2, 0.25) is 10.0 Å². The van der Waals surface area contributed by atoms with Crippen molar-refractivity contribution in [2.75, 3.05) is 19.6 Å². The monoisotopic (exact) mass is 424 g/mol. The van der Waals surface area contributed by atoms with Gasteiger partial charge in [0.2, 0.25) is 11.7 Å². The molecule has 0 radical (unpaired) electrons. The smallest absolute Gasteiger partial charge is 0.290 e. The van der Waals surface area contributed by atoms with Gasteiger partial charge in [-0.3, -0.25) is 14.4 Å². The molecule has 0 spiro atoms. The van der Waals surface area contributed by atoms with Crippen molar-refractivity contribution in [1.82, 2.24) is 10.2 Å². The number of benzene rings is 1. The molecule has 1 heterocycles. The summed E-state index contributed by atoms with van der Waals surface area (Å²) in [7, 11) is 0. The fourth-order valence-electron chi connectivity index (χ4n) is 4.05. The van der Waals surface area contributed by atoms with E-state index in [-0.39, 0.29) is 12.5 Å². The molecule has 1 saturated heterocycles. The number of hydrogen-bond acceptors (Lipinski definition) is 3. The molecule has 1 aliphatic carbocycles. The Morgan fingerprint density at radius 3 is 2.57 bits per heavy atom. The van der Waals surface area contributed by atoms with Crippen LogP contribution < -0.4 is 5.32 Å². The Kier molecular flexibility index (Phi) is 7.36. The zero-order valence-electron chi connectivity index (χ0n) is 15.9. The number of aryl methyl sites for hydroxylation is 1. The second-order valence-corrected chi connectivity index (χ2v) is 8.59. The molecule has 0 aromatic heterocycles. The molecule has 1 aliphatic heterocycles. The van der Waals surface area contributed by atoms with Gasteiger partial charge >= 0.3 is 0 Å². The number of rotatable bonds is 7. The zero-order chi connectivity index (χ0) is 20.1. The second kappa shape index (κ2) is 9.75. The first-order valence-corrected chi connectivity index (χ1v) is 10.8. The molecule has 3 rings (SSSR count). The van der Waals surface area contributed by atoms with Gasteiger partial charge in [0.05, 0.1) is 10.0 Å². The largest absolute Gasteiger partial charge is 0.355 e.